The van der Waals surface area contributed by atoms with Gasteiger partial charge < -0.3 is 19.0 Å². The highest BCUT2D eigenvalue weighted by Gasteiger charge is 2.21. The van der Waals surface area contributed by atoms with E-state index in [0.29, 0.717) is 18.8 Å². The number of hydrogen-bond acceptors (Lipinski definition) is 5. The minimum Gasteiger partial charge on any atom is -0.492 e. The molecule has 0 saturated carbocycles. The second kappa shape index (κ2) is 8.96. The summed E-state index contributed by atoms with van der Waals surface area (Å²) >= 11 is 0. The van der Waals surface area contributed by atoms with E-state index in [1.165, 1.54) is 0 Å². The van der Waals surface area contributed by atoms with Gasteiger partial charge in [-0.2, -0.15) is 0 Å². The van der Waals surface area contributed by atoms with Crippen LogP contribution in [-0.4, -0.2) is 46.6 Å². The van der Waals surface area contributed by atoms with Crippen LogP contribution in [0.3, 0.4) is 0 Å². The Morgan fingerprint density at radius 1 is 1.17 bits per heavy atom. The summed E-state index contributed by atoms with van der Waals surface area (Å²) in [6.45, 7) is 6.07. The lowest BCUT2D eigenvalue weighted by Crippen LogP contribution is -2.31. The van der Waals surface area contributed by atoms with Crippen LogP contribution >= 0.6 is 0 Å². The number of nitrogens with one attached hydrogen (secondary N) is 1. The van der Waals surface area contributed by atoms with Gasteiger partial charge in [-0.05, 0) is 31.2 Å². The molecule has 7 heteroatoms. The zero-order valence-corrected chi connectivity index (χ0v) is 16.6. The average molecular weight is 394 g/mol. The number of aromatic nitrogens is 2. The van der Waals surface area contributed by atoms with Crippen LogP contribution in [0.1, 0.15) is 27.8 Å². The normalized spacial score (nSPS) is 14.2. The van der Waals surface area contributed by atoms with Gasteiger partial charge in [0.1, 0.15) is 35.4 Å². The summed E-state index contributed by atoms with van der Waals surface area (Å²) in [6, 6.07) is 13.6. The Kier molecular flexibility index (Phi) is 5.95. The van der Waals surface area contributed by atoms with E-state index in [2.05, 4.69) is 15.2 Å². The van der Waals surface area contributed by atoms with Crippen LogP contribution < -0.4 is 10.1 Å². The molecule has 3 heterocycles. The Morgan fingerprint density at radius 3 is 2.83 bits per heavy atom. The molecule has 2 aromatic heterocycles. The fraction of sp³-hybridized carbons (Fsp3) is 0.364. The number of aryl methyl sites for hydroxylation is 1. The molecule has 1 aromatic carbocycles. The maximum Gasteiger partial charge on any atom is 0.269 e. The summed E-state index contributed by atoms with van der Waals surface area (Å²) < 4.78 is 13.3. The highest BCUT2D eigenvalue weighted by atomic mass is 16.5. The molecule has 0 fully saturated rings. The van der Waals surface area contributed by atoms with E-state index in [9.17, 15) is 4.79 Å². The highest BCUT2D eigenvalue weighted by molar-refractivity contribution is 5.92. The number of nitrogens with zero attached hydrogens (tertiary/aromatic N) is 3. The Balaban J connectivity index is 1.29. The number of benzene rings is 1. The third kappa shape index (κ3) is 4.86. The summed E-state index contributed by atoms with van der Waals surface area (Å²) in [4.78, 5) is 19.4. The molecule has 4 rings (SSSR count). The number of furan rings is 1. The maximum absolute atomic E-state index is 12.6. The lowest BCUT2D eigenvalue weighted by atomic mass is 10.3. The average Bonchev–Trinajstić information content (AvgIpc) is 3.28. The van der Waals surface area contributed by atoms with Crippen LogP contribution in [0.5, 0.6) is 5.75 Å². The van der Waals surface area contributed by atoms with Crippen LogP contribution in [0.4, 0.5) is 0 Å². The van der Waals surface area contributed by atoms with Crippen molar-refractivity contribution < 1.29 is 13.9 Å². The first-order chi connectivity index (χ1) is 14.2. The van der Waals surface area contributed by atoms with E-state index in [1.807, 2.05) is 54.0 Å². The number of hydrogen-bond donors (Lipinski definition) is 1. The predicted octanol–water partition coefficient (Wildman–Crippen LogP) is 2.65. The molecular weight excluding hydrogens is 368 g/mol. The minimum absolute atomic E-state index is 0.115. The summed E-state index contributed by atoms with van der Waals surface area (Å²) in [5, 5.41) is 2.93. The molecular formula is C22H26N4O3. The smallest absolute Gasteiger partial charge is 0.269 e. The molecule has 0 bridgehead atoms. The monoisotopic (exact) mass is 394 g/mol. The molecule has 1 aliphatic heterocycles. The number of carbonyl (C=O) groups excluding carboxylic acids is 1. The summed E-state index contributed by atoms with van der Waals surface area (Å²) in [6.07, 6.45) is 2.48. The van der Waals surface area contributed by atoms with Gasteiger partial charge in [-0.25, -0.2) is 4.98 Å². The van der Waals surface area contributed by atoms with Gasteiger partial charge >= 0.3 is 0 Å². The standard InChI is InChI=1S/C22H26N4O3/c1-17-7-8-19(29-17)16-25-11-9-21-24-15-20(26(21)13-12-25)22(27)23-10-14-28-18-5-3-2-4-6-18/h2-8,15H,9-14,16H2,1H3,(H,23,27). The molecule has 152 valence electrons. The predicted molar refractivity (Wildman–Crippen MR) is 109 cm³/mol. The van der Waals surface area contributed by atoms with Crippen molar-refractivity contribution in [3.8, 4) is 5.75 Å². The minimum atomic E-state index is -0.115. The Morgan fingerprint density at radius 2 is 2.03 bits per heavy atom. The molecule has 0 spiro atoms. The quantitative estimate of drug-likeness (QED) is 0.624. The number of fused-ring (bicyclic) bond motifs is 1. The van der Waals surface area contributed by atoms with Gasteiger partial charge in [0.25, 0.3) is 5.91 Å². The highest BCUT2D eigenvalue weighted by Crippen LogP contribution is 2.15. The fourth-order valence-electron chi connectivity index (χ4n) is 3.54. The van der Waals surface area contributed by atoms with Crippen LogP contribution in [0.25, 0.3) is 0 Å². The lowest BCUT2D eigenvalue weighted by molar-refractivity contribution is 0.0936. The van der Waals surface area contributed by atoms with Crippen molar-refractivity contribution in [2.75, 3.05) is 26.2 Å². The molecule has 0 atom stereocenters. The third-order valence-electron chi connectivity index (χ3n) is 5.04. The van der Waals surface area contributed by atoms with E-state index < -0.39 is 0 Å². The zero-order valence-electron chi connectivity index (χ0n) is 16.6. The van der Waals surface area contributed by atoms with Crippen molar-refractivity contribution in [1.82, 2.24) is 19.8 Å². The number of para-hydroxylation sites is 1. The van der Waals surface area contributed by atoms with Crippen molar-refractivity contribution in [3.63, 3.8) is 0 Å². The van der Waals surface area contributed by atoms with Crippen molar-refractivity contribution in [2.24, 2.45) is 0 Å². The van der Waals surface area contributed by atoms with Gasteiger partial charge in [0.15, 0.2) is 0 Å². The number of amides is 1. The second-order valence-electron chi connectivity index (χ2n) is 7.17. The van der Waals surface area contributed by atoms with Crippen LogP contribution in [-0.2, 0) is 19.5 Å². The molecule has 1 N–H and O–H groups in total. The molecule has 1 amide bonds. The van der Waals surface area contributed by atoms with Crippen molar-refractivity contribution in [3.05, 3.63) is 71.7 Å². The molecule has 0 unspecified atom stereocenters. The van der Waals surface area contributed by atoms with Gasteiger partial charge in [0, 0.05) is 26.1 Å². The summed E-state index contributed by atoms with van der Waals surface area (Å²) in [5.74, 6) is 3.53. The van der Waals surface area contributed by atoms with Crippen LogP contribution in [0.15, 0.2) is 53.1 Å². The summed E-state index contributed by atoms with van der Waals surface area (Å²) in [7, 11) is 0. The van der Waals surface area contributed by atoms with E-state index in [0.717, 1.165) is 55.7 Å². The van der Waals surface area contributed by atoms with E-state index in [1.54, 1.807) is 6.20 Å². The number of ether oxygens (including phenoxy) is 1. The van der Waals surface area contributed by atoms with Gasteiger partial charge in [-0.15, -0.1) is 0 Å². The zero-order chi connectivity index (χ0) is 20.1. The van der Waals surface area contributed by atoms with E-state index in [4.69, 9.17) is 9.15 Å². The largest absolute Gasteiger partial charge is 0.492 e. The number of rotatable bonds is 7. The first kappa shape index (κ1) is 19.3. The van der Waals surface area contributed by atoms with Gasteiger partial charge in [0.05, 0.1) is 19.3 Å². The third-order valence-corrected chi connectivity index (χ3v) is 5.04. The van der Waals surface area contributed by atoms with Crippen LogP contribution in [0.2, 0.25) is 0 Å². The Labute approximate surface area is 170 Å². The second-order valence-corrected chi connectivity index (χ2v) is 7.17. The van der Waals surface area contributed by atoms with E-state index >= 15 is 0 Å². The van der Waals surface area contributed by atoms with Crippen molar-refractivity contribution >= 4 is 5.91 Å². The Bertz CT molecular complexity index is 948. The van der Waals surface area contributed by atoms with Gasteiger partial charge in [-0.1, -0.05) is 18.2 Å². The Hall–Kier alpha value is -3.06. The van der Waals surface area contributed by atoms with Crippen molar-refractivity contribution in [2.45, 2.75) is 26.4 Å². The number of imidazole rings is 1. The first-order valence-electron chi connectivity index (χ1n) is 9.97. The molecule has 7 nitrogen and oxygen atoms in total. The van der Waals surface area contributed by atoms with Crippen molar-refractivity contribution in [1.29, 1.82) is 0 Å². The van der Waals surface area contributed by atoms with Gasteiger partial charge in [-0.3, -0.25) is 9.69 Å². The molecule has 0 radical (unpaired) electrons. The first-order valence-corrected chi connectivity index (χ1v) is 9.97. The fourth-order valence-corrected chi connectivity index (χ4v) is 3.54. The number of carbonyl (C=O) groups is 1. The molecule has 0 aliphatic carbocycles. The maximum atomic E-state index is 12.6. The van der Waals surface area contributed by atoms with E-state index in [-0.39, 0.29) is 5.91 Å². The molecule has 0 saturated heterocycles. The molecule has 1 aliphatic rings. The lowest BCUT2D eigenvalue weighted by Gasteiger charge is -2.18. The van der Waals surface area contributed by atoms with Crippen LogP contribution in [0, 0.1) is 6.92 Å². The molecule has 29 heavy (non-hydrogen) atoms. The topological polar surface area (TPSA) is 72.5 Å². The van der Waals surface area contributed by atoms with Gasteiger partial charge in [0.2, 0.25) is 0 Å². The SMILES string of the molecule is Cc1ccc(CN2CCc3ncc(C(=O)NCCOc4ccccc4)n3CC2)o1. The summed E-state index contributed by atoms with van der Waals surface area (Å²) in [5.41, 5.74) is 0.607. The molecule has 3 aromatic rings.